The van der Waals surface area contributed by atoms with Gasteiger partial charge in [0.15, 0.2) is 0 Å². The molecule has 76 valence electrons. The van der Waals surface area contributed by atoms with Crippen LogP contribution >= 0.6 is 22.9 Å². The van der Waals surface area contributed by atoms with Crippen molar-refractivity contribution in [2.45, 2.75) is 12.8 Å². The van der Waals surface area contributed by atoms with Crippen LogP contribution in [0.2, 0.25) is 5.02 Å². The number of rotatable bonds is 1. The fourth-order valence-electron chi connectivity index (χ4n) is 1.32. The second-order valence-electron chi connectivity index (χ2n) is 3.05. The molecule has 0 aliphatic carbocycles. The highest BCUT2D eigenvalue weighted by molar-refractivity contribution is 7.12. The lowest BCUT2D eigenvalue weighted by Gasteiger charge is -2.25. The van der Waals surface area contributed by atoms with Crippen LogP contribution in [0.3, 0.4) is 0 Å². The van der Waals surface area contributed by atoms with Gasteiger partial charge in [0.25, 0.3) is 5.91 Å². The highest BCUT2D eigenvalue weighted by Gasteiger charge is 2.22. The fourth-order valence-corrected chi connectivity index (χ4v) is 2.39. The number of carbonyl (C=O) groups is 1. The maximum atomic E-state index is 11.8. The van der Waals surface area contributed by atoms with Crippen molar-refractivity contribution in [2.24, 2.45) is 0 Å². The molecule has 1 amide bonds. The molecule has 1 saturated heterocycles. The van der Waals surface area contributed by atoms with Crippen molar-refractivity contribution in [3.05, 3.63) is 21.3 Å². The summed E-state index contributed by atoms with van der Waals surface area (Å²) in [5.74, 6) is -0.121. The molecular formula is C9H10ClNO2S. The molecule has 5 heteroatoms. The van der Waals surface area contributed by atoms with E-state index in [1.165, 1.54) is 16.4 Å². The Morgan fingerprint density at radius 1 is 1.57 bits per heavy atom. The van der Waals surface area contributed by atoms with Crippen molar-refractivity contribution >= 4 is 28.8 Å². The Bertz CT molecular complexity index is 333. The number of hydroxylamine groups is 2. The Kier molecular flexibility index (Phi) is 3.05. The Hall–Kier alpha value is -0.580. The maximum absolute atomic E-state index is 11.8. The highest BCUT2D eigenvalue weighted by atomic mass is 35.5. The van der Waals surface area contributed by atoms with E-state index in [4.69, 9.17) is 16.4 Å². The molecule has 1 aromatic rings. The maximum Gasteiger partial charge on any atom is 0.289 e. The molecule has 0 spiro atoms. The van der Waals surface area contributed by atoms with Gasteiger partial charge in [-0.15, -0.1) is 11.3 Å². The molecule has 0 aromatic carbocycles. The van der Waals surface area contributed by atoms with Gasteiger partial charge in [0, 0.05) is 6.54 Å². The third-order valence-electron chi connectivity index (χ3n) is 2.04. The first-order chi connectivity index (χ1) is 6.79. The monoisotopic (exact) mass is 231 g/mol. The number of hydrogen-bond donors (Lipinski definition) is 0. The average molecular weight is 232 g/mol. The summed E-state index contributed by atoms with van der Waals surface area (Å²) < 4.78 is 0. The first-order valence-electron chi connectivity index (χ1n) is 4.47. The van der Waals surface area contributed by atoms with Crippen LogP contribution in [0.1, 0.15) is 22.5 Å². The molecule has 0 bridgehead atoms. The van der Waals surface area contributed by atoms with Crippen LogP contribution in [0.4, 0.5) is 0 Å². The van der Waals surface area contributed by atoms with Gasteiger partial charge in [-0.25, -0.2) is 5.06 Å². The predicted molar refractivity (Wildman–Crippen MR) is 55.6 cm³/mol. The highest BCUT2D eigenvalue weighted by Crippen LogP contribution is 2.24. The van der Waals surface area contributed by atoms with Gasteiger partial charge in [-0.1, -0.05) is 11.6 Å². The zero-order chi connectivity index (χ0) is 9.97. The number of thiophene rings is 1. The molecule has 2 rings (SSSR count). The van der Waals surface area contributed by atoms with Gasteiger partial charge in [-0.05, 0) is 24.3 Å². The molecule has 14 heavy (non-hydrogen) atoms. The van der Waals surface area contributed by atoms with E-state index in [1.54, 1.807) is 11.4 Å². The molecule has 3 nitrogen and oxygen atoms in total. The van der Waals surface area contributed by atoms with Gasteiger partial charge in [-0.3, -0.25) is 9.63 Å². The molecule has 0 atom stereocenters. The van der Waals surface area contributed by atoms with Crippen molar-refractivity contribution in [2.75, 3.05) is 13.2 Å². The van der Waals surface area contributed by atoms with E-state index in [0.717, 1.165) is 12.8 Å². The van der Waals surface area contributed by atoms with Crippen molar-refractivity contribution in [3.8, 4) is 0 Å². The summed E-state index contributed by atoms with van der Waals surface area (Å²) in [6.45, 7) is 1.28. The van der Waals surface area contributed by atoms with Gasteiger partial charge in [0.05, 0.1) is 11.6 Å². The average Bonchev–Trinajstić information content (AvgIpc) is 2.65. The van der Waals surface area contributed by atoms with E-state index in [-0.39, 0.29) is 5.91 Å². The Balaban J connectivity index is 2.11. The van der Waals surface area contributed by atoms with E-state index in [9.17, 15) is 4.79 Å². The van der Waals surface area contributed by atoms with Crippen LogP contribution in [0.25, 0.3) is 0 Å². The standard InChI is InChI=1S/C9H10ClNO2S/c10-7-3-6-14-8(7)9(12)11-4-1-2-5-13-11/h3,6H,1-2,4-5H2. The van der Waals surface area contributed by atoms with Crippen molar-refractivity contribution in [3.63, 3.8) is 0 Å². The summed E-state index contributed by atoms with van der Waals surface area (Å²) in [5.41, 5.74) is 0. The lowest BCUT2D eigenvalue weighted by molar-refractivity contribution is -0.143. The summed E-state index contributed by atoms with van der Waals surface area (Å²) in [6.07, 6.45) is 2.01. The summed E-state index contributed by atoms with van der Waals surface area (Å²) in [7, 11) is 0. The van der Waals surface area contributed by atoms with E-state index < -0.39 is 0 Å². The number of amides is 1. The first kappa shape index (κ1) is 9.96. The second kappa shape index (κ2) is 4.29. The van der Waals surface area contributed by atoms with Crippen LogP contribution in [0, 0.1) is 0 Å². The lowest BCUT2D eigenvalue weighted by atomic mass is 10.3. The van der Waals surface area contributed by atoms with Crippen molar-refractivity contribution < 1.29 is 9.63 Å². The van der Waals surface area contributed by atoms with Gasteiger partial charge in [-0.2, -0.15) is 0 Å². The molecule has 1 fully saturated rings. The topological polar surface area (TPSA) is 29.5 Å². The van der Waals surface area contributed by atoms with Crippen LogP contribution < -0.4 is 0 Å². The fraction of sp³-hybridized carbons (Fsp3) is 0.444. The van der Waals surface area contributed by atoms with E-state index in [0.29, 0.717) is 23.1 Å². The van der Waals surface area contributed by atoms with Crippen LogP contribution in [-0.2, 0) is 4.84 Å². The number of hydrogen-bond acceptors (Lipinski definition) is 3. The SMILES string of the molecule is O=C(c1sccc1Cl)N1CCCCO1. The normalized spacial score (nSPS) is 17.1. The van der Waals surface area contributed by atoms with Gasteiger partial charge in [0.2, 0.25) is 0 Å². The summed E-state index contributed by atoms with van der Waals surface area (Å²) >= 11 is 7.21. The molecule has 1 aromatic heterocycles. The van der Waals surface area contributed by atoms with Gasteiger partial charge >= 0.3 is 0 Å². The Labute approximate surface area is 91.2 Å². The third-order valence-corrected chi connectivity index (χ3v) is 3.37. The molecular weight excluding hydrogens is 222 g/mol. The minimum absolute atomic E-state index is 0.121. The van der Waals surface area contributed by atoms with Crippen molar-refractivity contribution in [1.82, 2.24) is 5.06 Å². The quantitative estimate of drug-likeness (QED) is 0.744. The van der Waals surface area contributed by atoms with Crippen LogP contribution in [-0.4, -0.2) is 24.1 Å². The third kappa shape index (κ3) is 1.92. The van der Waals surface area contributed by atoms with Crippen LogP contribution in [0.5, 0.6) is 0 Å². The summed E-state index contributed by atoms with van der Waals surface area (Å²) in [6, 6.07) is 1.73. The first-order valence-corrected chi connectivity index (χ1v) is 5.72. The molecule has 0 unspecified atom stereocenters. The van der Waals surface area contributed by atoms with E-state index in [2.05, 4.69) is 0 Å². The second-order valence-corrected chi connectivity index (χ2v) is 4.37. The number of nitrogens with zero attached hydrogens (tertiary/aromatic N) is 1. The predicted octanol–water partition coefficient (Wildman–Crippen LogP) is 2.57. The lowest BCUT2D eigenvalue weighted by Crippen LogP contribution is -2.35. The van der Waals surface area contributed by atoms with Gasteiger partial charge < -0.3 is 0 Å². The molecule has 1 aliphatic heterocycles. The molecule has 0 radical (unpaired) electrons. The Morgan fingerprint density at radius 2 is 2.43 bits per heavy atom. The Morgan fingerprint density at radius 3 is 3.00 bits per heavy atom. The van der Waals surface area contributed by atoms with E-state index >= 15 is 0 Å². The molecule has 1 aliphatic rings. The summed E-state index contributed by atoms with van der Waals surface area (Å²) in [4.78, 5) is 17.6. The largest absolute Gasteiger partial charge is 0.289 e. The van der Waals surface area contributed by atoms with Crippen LogP contribution in [0.15, 0.2) is 11.4 Å². The number of carbonyl (C=O) groups excluding carboxylic acids is 1. The number of halogens is 1. The minimum Gasteiger partial charge on any atom is -0.271 e. The van der Waals surface area contributed by atoms with Gasteiger partial charge in [0.1, 0.15) is 4.88 Å². The molecule has 2 heterocycles. The molecule has 0 N–H and O–H groups in total. The van der Waals surface area contributed by atoms with E-state index in [1.807, 2.05) is 0 Å². The summed E-state index contributed by atoms with van der Waals surface area (Å²) in [5, 5.41) is 3.72. The minimum atomic E-state index is -0.121. The smallest absolute Gasteiger partial charge is 0.271 e. The van der Waals surface area contributed by atoms with Crippen molar-refractivity contribution in [1.29, 1.82) is 0 Å². The zero-order valence-corrected chi connectivity index (χ0v) is 9.11. The molecule has 0 saturated carbocycles. The zero-order valence-electron chi connectivity index (χ0n) is 7.53.